The number of nitrogen functional groups attached to an aromatic ring is 1. The number of aromatic nitrogens is 4. The molecule has 3 rings (SSSR count). The van der Waals surface area contributed by atoms with E-state index in [-0.39, 0.29) is 0 Å². The number of rotatable bonds is 3. The van der Waals surface area contributed by atoms with Crippen LogP contribution in [0.5, 0.6) is 0 Å². The molecule has 1 aromatic heterocycles. The third-order valence-electron chi connectivity index (χ3n) is 4.06. The smallest absolute Gasteiger partial charge is 0.183 e. The van der Waals surface area contributed by atoms with Gasteiger partial charge in [-0.15, -0.1) is 5.10 Å². The summed E-state index contributed by atoms with van der Waals surface area (Å²) in [4.78, 5) is 0. The van der Waals surface area contributed by atoms with E-state index in [0.29, 0.717) is 33.0 Å². The number of hydrogen-bond acceptors (Lipinski definition) is 4. The average Bonchev–Trinajstić information content (AvgIpc) is 3.04. The summed E-state index contributed by atoms with van der Waals surface area (Å²) >= 11 is 12.4. The first-order chi connectivity index (χ1) is 10.0. The Morgan fingerprint density at radius 2 is 2.14 bits per heavy atom. The molecule has 0 aliphatic heterocycles. The van der Waals surface area contributed by atoms with Crippen molar-refractivity contribution in [2.24, 2.45) is 11.8 Å². The lowest BCUT2D eigenvalue weighted by Crippen LogP contribution is -2.11. The topological polar surface area (TPSA) is 69.6 Å². The molecule has 1 heterocycles. The fraction of sp³-hybridized carbons (Fsp3) is 0.500. The number of nitrogens with two attached hydrogens (primary N) is 1. The molecule has 0 saturated heterocycles. The Hall–Kier alpha value is -1.33. The first-order valence-electron chi connectivity index (χ1n) is 7.05. The molecule has 21 heavy (non-hydrogen) atoms. The first-order valence-corrected chi connectivity index (χ1v) is 7.81. The van der Waals surface area contributed by atoms with Crippen LogP contribution in [-0.2, 0) is 6.54 Å². The van der Waals surface area contributed by atoms with E-state index in [9.17, 15) is 0 Å². The van der Waals surface area contributed by atoms with E-state index in [1.807, 2.05) is 0 Å². The Morgan fingerprint density at radius 1 is 1.33 bits per heavy atom. The number of halogens is 2. The summed E-state index contributed by atoms with van der Waals surface area (Å²) in [5.41, 5.74) is 7.07. The van der Waals surface area contributed by atoms with Crippen molar-refractivity contribution in [3.63, 3.8) is 0 Å². The van der Waals surface area contributed by atoms with E-state index in [1.54, 1.807) is 16.8 Å². The van der Waals surface area contributed by atoms with Gasteiger partial charge in [-0.05, 0) is 47.2 Å². The van der Waals surface area contributed by atoms with Gasteiger partial charge in [-0.25, -0.2) is 4.68 Å². The van der Waals surface area contributed by atoms with Crippen molar-refractivity contribution in [3.8, 4) is 11.4 Å². The summed E-state index contributed by atoms with van der Waals surface area (Å²) in [6.07, 6.45) is 3.70. The molecular formula is C14H17Cl2N5. The number of tetrazole rings is 1. The van der Waals surface area contributed by atoms with Gasteiger partial charge in [0, 0.05) is 17.8 Å². The van der Waals surface area contributed by atoms with Crippen LogP contribution in [0.2, 0.25) is 10.0 Å². The number of anilines is 1. The van der Waals surface area contributed by atoms with Gasteiger partial charge in [0.15, 0.2) is 5.82 Å². The van der Waals surface area contributed by atoms with Gasteiger partial charge in [-0.2, -0.15) is 0 Å². The van der Waals surface area contributed by atoms with Crippen molar-refractivity contribution in [1.29, 1.82) is 0 Å². The van der Waals surface area contributed by atoms with E-state index >= 15 is 0 Å². The summed E-state index contributed by atoms with van der Waals surface area (Å²) in [5, 5.41) is 12.8. The molecule has 2 unspecified atom stereocenters. The largest absolute Gasteiger partial charge is 0.399 e. The Labute approximate surface area is 133 Å². The summed E-state index contributed by atoms with van der Waals surface area (Å²) in [7, 11) is 0. The van der Waals surface area contributed by atoms with Gasteiger partial charge in [0.25, 0.3) is 0 Å². The summed E-state index contributed by atoms with van der Waals surface area (Å²) in [5.74, 6) is 2.01. The predicted molar refractivity (Wildman–Crippen MR) is 84.2 cm³/mol. The molecule has 2 atom stereocenters. The van der Waals surface area contributed by atoms with Gasteiger partial charge >= 0.3 is 0 Å². The molecule has 2 aromatic rings. The molecule has 1 aromatic carbocycles. The van der Waals surface area contributed by atoms with Gasteiger partial charge in [0.05, 0.1) is 10.0 Å². The molecular weight excluding hydrogens is 309 g/mol. The van der Waals surface area contributed by atoms with E-state index in [1.165, 1.54) is 19.3 Å². The van der Waals surface area contributed by atoms with Gasteiger partial charge in [-0.3, -0.25) is 0 Å². The lowest BCUT2D eigenvalue weighted by Gasteiger charge is -2.12. The molecule has 0 radical (unpaired) electrons. The van der Waals surface area contributed by atoms with Gasteiger partial charge in [0.1, 0.15) is 0 Å². The van der Waals surface area contributed by atoms with E-state index in [2.05, 4.69) is 22.4 Å². The highest BCUT2D eigenvalue weighted by atomic mass is 35.5. The molecule has 1 fully saturated rings. The van der Waals surface area contributed by atoms with Crippen molar-refractivity contribution >= 4 is 28.9 Å². The summed E-state index contributed by atoms with van der Waals surface area (Å²) < 4.78 is 1.81. The Bertz CT molecular complexity index is 655. The Kier molecular flexibility index (Phi) is 4.04. The molecule has 1 saturated carbocycles. The van der Waals surface area contributed by atoms with E-state index in [4.69, 9.17) is 28.9 Å². The maximum Gasteiger partial charge on any atom is 0.183 e. The highest BCUT2D eigenvalue weighted by Gasteiger charge is 2.24. The van der Waals surface area contributed by atoms with Crippen LogP contribution in [0, 0.1) is 11.8 Å². The van der Waals surface area contributed by atoms with Gasteiger partial charge in [0.2, 0.25) is 0 Å². The Balaban J connectivity index is 1.92. The van der Waals surface area contributed by atoms with Crippen LogP contribution in [0.3, 0.4) is 0 Å². The number of benzene rings is 1. The molecule has 0 amide bonds. The number of hydrogen-bond donors (Lipinski definition) is 1. The van der Waals surface area contributed by atoms with Crippen molar-refractivity contribution < 1.29 is 0 Å². The maximum atomic E-state index is 6.27. The van der Waals surface area contributed by atoms with Crippen LogP contribution >= 0.6 is 23.2 Å². The van der Waals surface area contributed by atoms with Crippen LogP contribution < -0.4 is 5.73 Å². The standard InChI is InChI=1S/C14H17Cl2N5/c1-8-2-3-9(4-8)7-21-14(18-19-20-21)11-5-10(17)6-12(15)13(11)16/h5-6,8-9H,2-4,7,17H2,1H3. The molecule has 1 aliphatic rings. The zero-order valence-corrected chi connectivity index (χ0v) is 13.3. The maximum absolute atomic E-state index is 6.27. The quantitative estimate of drug-likeness (QED) is 0.874. The summed E-state index contributed by atoms with van der Waals surface area (Å²) in [6, 6.07) is 3.38. The van der Waals surface area contributed by atoms with Gasteiger partial charge in [-0.1, -0.05) is 36.5 Å². The van der Waals surface area contributed by atoms with Crippen LogP contribution in [0.25, 0.3) is 11.4 Å². The fourth-order valence-corrected chi connectivity index (χ4v) is 3.45. The zero-order valence-electron chi connectivity index (χ0n) is 11.8. The minimum Gasteiger partial charge on any atom is -0.399 e. The van der Waals surface area contributed by atoms with Crippen molar-refractivity contribution in [2.45, 2.75) is 32.7 Å². The Morgan fingerprint density at radius 3 is 2.86 bits per heavy atom. The minimum absolute atomic E-state index is 0.413. The monoisotopic (exact) mass is 325 g/mol. The van der Waals surface area contributed by atoms with E-state index < -0.39 is 0 Å². The second kappa shape index (κ2) is 5.81. The third kappa shape index (κ3) is 2.99. The second-order valence-electron chi connectivity index (χ2n) is 5.83. The first kappa shape index (κ1) is 14.6. The fourth-order valence-electron chi connectivity index (χ4n) is 3.03. The second-order valence-corrected chi connectivity index (χ2v) is 6.62. The minimum atomic E-state index is 0.413. The van der Waals surface area contributed by atoms with Crippen LogP contribution in [0.1, 0.15) is 26.2 Å². The SMILES string of the molecule is CC1CCC(Cn2nnnc2-c2cc(N)cc(Cl)c2Cl)C1. The van der Waals surface area contributed by atoms with Crippen molar-refractivity contribution in [1.82, 2.24) is 20.2 Å². The molecule has 1 aliphatic carbocycles. The molecule has 7 heteroatoms. The molecule has 0 spiro atoms. The average molecular weight is 326 g/mol. The summed E-state index contributed by atoms with van der Waals surface area (Å²) in [6.45, 7) is 3.09. The van der Waals surface area contributed by atoms with Gasteiger partial charge < -0.3 is 5.73 Å². The molecule has 0 bridgehead atoms. The van der Waals surface area contributed by atoms with E-state index in [0.717, 1.165) is 12.5 Å². The van der Waals surface area contributed by atoms with Crippen LogP contribution in [0.4, 0.5) is 5.69 Å². The molecule has 2 N–H and O–H groups in total. The number of nitrogens with zero attached hydrogens (tertiary/aromatic N) is 4. The van der Waals surface area contributed by atoms with Crippen molar-refractivity contribution in [2.75, 3.05) is 5.73 Å². The highest BCUT2D eigenvalue weighted by Crippen LogP contribution is 2.36. The van der Waals surface area contributed by atoms with Crippen LogP contribution in [0.15, 0.2) is 12.1 Å². The molecule has 5 nitrogen and oxygen atoms in total. The normalized spacial score (nSPS) is 21.9. The third-order valence-corrected chi connectivity index (χ3v) is 4.86. The van der Waals surface area contributed by atoms with Crippen molar-refractivity contribution in [3.05, 3.63) is 22.2 Å². The lowest BCUT2D eigenvalue weighted by molar-refractivity contribution is 0.412. The lowest BCUT2D eigenvalue weighted by atomic mass is 10.1. The highest BCUT2D eigenvalue weighted by molar-refractivity contribution is 6.43. The van der Waals surface area contributed by atoms with Crippen LogP contribution in [-0.4, -0.2) is 20.2 Å². The predicted octanol–water partition coefficient (Wildman–Crippen LogP) is 3.67. The molecule has 112 valence electrons. The zero-order chi connectivity index (χ0) is 15.0.